The standard InChI is InChI=1S/C19H17NO5/c1-19(2)24-15-9-5-8-14(16(15)25-19)23-11-10-20-17(21)12-6-3-4-7-13(12)18(20)22/h3-9H,10-11H2,1-2H3. The van der Waals surface area contributed by atoms with Crippen molar-refractivity contribution in [2.75, 3.05) is 13.2 Å². The predicted octanol–water partition coefficient (Wildman–Crippen LogP) is 2.87. The van der Waals surface area contributed by atoms with Gasteiger partial charge in [0.2, 0.25) is 11.5 Å². The third-order valence-electron chi connectivity index (χ3n) is 4.10. The lowest BCUT2D eigenvalue weighted by atomic mass is 10.1. The molecular weight excluding hydrogens is 322 g/mol. The second-order valence-corrected chi connectivity index (χ2v) is 6.34. The fourth-order valence-electron chi connectivity index (χ4n) is 3.01. The summed E-state index contributed by atoms with van der Waals surface area (Å²) in [5.74, 6) is 0.355. The molecule has 128 valence electrons. The van der Waals surface area contributed by atoms with Crippen LogP contribution in [0.1, 0.15) is 34.6 Å². The largest absolute Gasteiger partial charge is 0.488 e. The van der Waals surface area contributed by atoms with E-state index in [1.165, 1.54) is 4.90 Å². The summed E-state index contributed by atoms with van der Waals surface area (Å²) in [4.78, 5) is 25.9. The molecule has 2 heterocycles. The molecule has 0 aliphatic carbocycles. The Kier molecular flexibility index (Phi) is 3.42. The zero-order valence-electron chi connectivity index (χ0n) is 13.9. The number of fused-ring (bicyclic) bond motifs is 2. The first-order valence-electron chi connectivity index (χ1n) is 8.05. The molecule has 2 amide bonds. The maximum Gasteiger partial charge on any atom is 0.261 e. The van der Waals surface area contributed by atoms with Crippen molar-refractivity contribution in [2.24, 2.45) is 0 Å². The Morgan fingerprint density at radius 3 is 2.32 bits per heavy atom. The van der Waals surface area contributed by atoms with Crippen molar-refractivity contribution in [3.05, 3.63) is 53.6 Å². The quantitative estimate of drug-likeness (QED) is 0.802. The molecular formula is C19H17NO5. The van der Waals surface area contributed by atoms with Crippen LogP contribution in [0.5, 0.6) is 17.2 Å². The van der Waals surface area contributed by atoms with Crippen LogP contribution in [0.2, 0.25) is 0 Å². The third kappa shape index (κ3) is 2.59. The Balaban J connectivity index is 1.44. The monoisotopic (exact) mass is 339 g/mol. The van der Waals surface area contributed by atoms with Crippen LogP contribution in [-0.4, -0.2) is 35.7 Å². The molecule has 2 aromatic rings. The Labute approximate surface area is 144 Å². The first kappa shape index (κ1) is 15.5. The van der Waals surface area contributed by atoms with Crippen molar-refractivity contribution in [3.63, 3.8) is 0 Å². The highest BCUT2D eigenvalue weighted by Gasteiger charge is 2.36. The maximum atomic E-state index is 12.3. The van der Waals surface area contributed by atoms with Crippen LogP contribution in [0.3, 0.4) is 0 Å². The van der Waals surface area contributed by atoms with Gasteiger partial charge in [-0.1, -0.05) is 18.2 Å². The minimum atomic E-state index is -0.746. The highest BCUT2D eigenvalue weighted by atomic mass is 16.7. The molecule has 0 bridgehead atoms. The van der Waals surface area contributed by atoms with Crippen LogP contribution < -0.4 is 14.2 Å². The minimum Gasteiger partial charge on any atom is -0.488 e. The number of ether oxygens (including phenoxy) is 3. The number of amides is 2. The summed E-state index contributed by atoms with van der Waals surface area (Å²) < 4.78 is 17.2. The van der Waals surface area contributed by atoms with E-state index in [-0.39, 0.29) is 25.0 Å². The molecule has 2 aromatic carbocycles. The molecule has 0 saturated carbocycles. The Morgan fingerprint density at radius 1 is 0.960 bits per heavy atom. The Morgan fingerprint density at radius 2 is 1.64 bits per heavy atom. The molecule has 0 unspecified atom stereocenters. The van der Waals surface area contributed by atoms with E-state index in [1.54, 1.807) is 42.5 Å². The highest BCUT2D eigenvalue weighted by Crippen LogP contribution is 2.45. The van der Waals surface area contributed by atoms with Gasteiger partial charge in [-0.05, 0) is 24.3 Å². The Hall–Kier alpha value is -3.02. The van der Waals surface area contributed by atoms with Gasteiger partial charge in [-0.3, -0.25) is 14.5 Å². The highest BCUT2D eigenvalue weighted by molar-refractivity contribution is 6.21. The number of carbonyl (C=O) groups is 2. The number of hydrogen-bond acceptors (Lipinski definition) is 5. The van der Waals surface area contributed by atoms with Gasteiger partial charge < -0.3 is 14.2 Å². The normalized spacial score (nSPS) is 17.0. The summed E-state index contributed by atoms with van der Waals surface area (Å²) in [5, 5.41) is 0. The van der Waals surface area contributed by atoms with Gasteiger partial charge in [0, 0.05) is 13.8 Å². The van der Waals surface area contributed by atoms with Crippen LogP contribution in [0.25, 0.3) is 0 Å². The molecule has 0 spiro atoms. The molecule has 0 fully saturated rings. The number of hydrogen-bond donors (Lipinski definition) is 0. The van der Waals surface area contributed by atoms with Crippen LogP contribution in [0, 0.1) is 0 Å². The Bertz CT molecular complexity index is 839. The molecule has 2 aliphatic rings. The molecule has 2 aliphatic heterocycles. The van der Waals surface area contributed by atoms with Gasteiger partial charge in [0.15, 0.2) is 11.5 Å². The fourth-order valence-corrected chi connectivity index (χ4v) is 3.01. The topological polar surface area (TPSA) is 65.1 Å². The van der Waals surface area contributed by atoms with Gasteiger partial charge in [0.1, 0.15) is 6.61 Å². The maximum absolute atomic E-state index is 12.3. The van der Waals surface area contributed by atoms with Crippen molar-refractivity contribution in [3.8, 4) is 17.2 Å². The molecule has 6 nitrogen and oxygen atoms in total. The summed E-state index contributed by atoms with van der Waals surface area (Å²) in [6.45, 7) is 3.97. The lowest BCUT2D eigenvalue weighted by Gasteiger charge is -2.17. The molecule has 0 saturated heterocycles. The SMILES string of the molecule is CC1(C)Oc2cccc(OCCN3C(=O)c4ccccc4C3=O)c2O1. The van der Waals surface area contributed by atoms with Crippen molar-refractivity contribution in [1.29, 1.82) is 0 Å². The van der Waals surface area contributed by atoms with Crippen LogP contribution in [0.4, 0.5) is 0 Å². The van der Waals surface area contributed by atoms with E-state index < -0.39 is 5.79 Å². The average Bonchev–Trinajstić information content (AvgIpc) is 3.03. The van der Waals surface area contributed by atoms with E-state index in [0.29, 0.717) is 28.4 Å². The second kappa shape index (κ2) is 5.51. The van der Waals surface area contributed by atoms with E-state index in [9.17, 15) is 9.59 Å². The van der Waals surface area contributed by atoms with Crippen LogP contribution in [0.15, 0.2) is 42.5 Å². The lowest BCUT2D eigenvalue weighted by Crippen LogP contribution is -2.33. The summed E-state index contributed by atoms with van der Waals surface area (Å²) in [7, 11) is 0. The third-order valence-corrected chi connectivity index (χ3v) is 4.10. The van der Waals surface area contributed by atoms with E-state index in [2.05, 4.69) is 0 Å². The van der Waals surface area contributed by atoms with Gasteiger partial charge in [0.25, 0.3) is 11.8 Å². The molecule has 25 heavy (non-hydrogen) atoms. The van der Waals surface area contributed by atoms with E-state index >= 15 is 0 Å². The summed E-state index contributed by atoms with van der Waals surface area (Å²) in [5.41, 5.74) is 0.873. The number of carbonyl (C=O) groups excluding carboxylic acids is 2. The van der Waals surface area contributed by atoms with Gasteiger partial charge in [-0.15, -0.1) is 0 Å². The predicted molar refractivity (Wildman–Crippen MR) is 89.1 cm³/mol. The number of nitrogens with zero attached hydrogens (tertiary/aromatic N) is 1. The first-order valence-corrected chi connectivity index (χ1v) is 8.05. The smallest absolute Gasteiger partial charge is 0.261 e. The van der Waals surface area contributed by atoms with E-state index in [4.69, 9.17) is 14.2 Å². The molecule has 0 radical (unpaired) electrons. The van der Waals surface area contributed by atoms with Crippen molar-refractivity contribution in [2.45, 2.75) is 19.6 Å². The fraction of sp³-hybridized carbons (Fsp3) is 0.263. The summed E-state index contributed by atoms with van der Waals surface area (Å²) >= 11 is 0. The van der Waals surface area contributed by atoms with Gasteiger partial charge >= 0.3 is 0 Å². The molecule has 6 heteroatoms. The number of rotatable bonds is 4. The number of benzene rings is 2. The van der Waals surface area contributed by atoms with Crippen LogP contribution in [-0.2, 0) is 0 Å². The first-order chi connectivity index (χ1) is 12.0. The number of imide groups is 1. The van der Waals surface area contributed by atoms with E-state index in [0.717, 1.165) is 0 Å². The van der Waals surface area contributed by atoms with Crippen molar-refractivity contribution >= 4 is 11.8 Å². The number of para-hydroxylation sites is 1. The van der Waals surface area contributed by atoms with Crippen molar-refractivity contribution in [1.82, 2.24) is 4.90 Å². The molecule has 4 rings (SSSR count). The van der Waals surface area contributed by atoms with Gasteiger partial charge in [-0.25, -0.2) is 0 Å². The zero-order valence-corrected chi connectivity index (χ0v) is 13.9. The van der Waals surface area contributed by atoms with Crippen LogP contribution >= 0.6 is 0 Å². The minimum absolute atomic E-state index is 0.167. The van der Waals surface area contributed by atoms with Gasteiger partial charge in [0.05, 0.1) is 17.7 Å². The molecule has 0 atom stereocenters. The van der Waals surface area contributed by atoms with Crippen molar-refractivity contribution < 1.29 is 23.8 Å². The van der Waals surface area contributed by atoms with E-state index in [1.807, 2.05) is 13.8 Å². The average molecular weight is 339 g/mol. The molecule has 0 N–H and O–H groups in total. The molecule has 0 aromatic heterocycles. The summed E-state index contributed by atoms with van der Waals surface area (Å²) in [6, 6.07) is 12.2. The second-order valence-electron chi connectivity index (χ2n) is 6.34. The van der Waals surface area contributed by atoms with Gasteiger partial charge in [-0.2, -0.15) is 0 Å². The lowest BCUT2D eigenvalue weighted by molar-refractivity contribution is -0.0441. The zero-order chi connectivity index (χ0) is 17.6. The summed E-state index contributed by atoms with van der Waals surface area (Å²) in [6.07, 6.45) is 0.